The zero-order chi connectivity index (χ0) is 17.3. The first-order chi connectivity index (χ1) is 12.8. The Morgan fingerprint density at radius 3 is 3.08 bits per heavy atom. The summed E-state index contributed by atoms with van der Waals surface area (Å²) >= 11 is -1.54. The number of aromatic nitrogens is 1. The largest absolute Gasteiger partial charge is 0.357 e. The predicted molar refractivity (Wildman–Crippen MR) is 99.6 cm³/mol. The molecule has 1 saturated carbocycles. The average molecular weight is 372 g/mol. The van der Waals surface area contributed by atoms with E-state index < -0.39 is 11.4 Å². The molecule has 26 heavy (non-hydrogen) atoms. The second-order valence-corrected chi connectivity index (χ2v) is 9.18. The molecule has 4 aliphatic rings. The molecule has 1 aromatic heterocycles. The summed E-state index contributed by atoms with van der Waals surface area (Å²) in [6, 6.07) is 9.17. The molecule has 0 bridgehead atoms. The predicted octanol–water partition coefficient (Wildman–Crippen LogP) is 3.11. The first-order valence-electron chi connectivity index (χ1n) is 9.83. The van der Waals surface area contributed by atoms with Crippen LogP contribution >= 0.6 is 0 Å². The fourth-order valence-electron chi connectivity index (χ4n) is 6.05. The van der Waals surface area contributed by atoms with Crippen molar-refractivity contribution >= 4 is 22.3 Å². The van der Waals surface area contributed by atoms with E-state index in [-0.39, 0.29) is 6.10 Å². The Morgan fingerprint density at radius 2 is 2.12 bits per heavy atom. The minimum absolute atomic E-state index is 0.114. The lowest BCUT2D eigenvalue weighted by Gasteiger charge is -2.52. The lowest BCUT2D eigenvalue weighted by molar-refractivity contribution is -0.0764. The maximum absolute atomic E-state index is 11.6. The van der Waals surface area contributed by atoms with E-state index in [0.29, 0.717) is 24.5 Å². The molecule has 138 valence electrons. The highest BCUT2D eigenvalue weighted by Gasteiger charge is 2.49. The van der Waals surface area contributed by atoms with Gasteiger partial charge in [0.2, 0.25) is 0 Å². The zero-order valence-electron chi connectivity index (χ0n) is 14.7. The van der Waals surface area contributed by atoms with Crippen molar-refractivity contribution < 1.29 is 12.6 Å². The number of fused-ring (bicyclic) bond motifs is 8. The van der Waals surface area contributed by atoms with Gasteiger partial charge in [-0.2, -0.15) is 4.21 Å². The summed E-state index contributed by atoms with van der Waals surface area (Å²) in [4.78, 5) is 6.43. The standard InChI is InChI=1S/C20H24N2O3S/c23-26-24-11-16-15-9-18-20-14(13-3-1-2-4-17(13)21-20)7-8-22(18)10-12(15)5-6-19(16)25-26/h1-4,12,15-16,18-19,21H,5-11H2. The van der Waals surface area contributed by atoms with Gasteiger partial charge in [-0.05, 0) is 49.1 Å². The summed E-state index contributed by atoms with van der Waals surface area (Å²) in [5, 5.41) is 1.39. The van der Waals surface area contributed by atoms with Gasteiger partial charge in [-0.3, -0.25) is 13.3 Å². The highest BCUT2D eigenvalue weighted by molar-refractivity contribution is 7.75. The van der Waals surface area contributed by atoms with Crippen LogP contribution in [0.4, 0.5) is 0 Å². The van der Waals surface area contributed by atoms with Crippen molar-refractivity contribution in [1.82, 2.24) is 9.88 Å². The Labute approximate surface area is 155 Å². The third kappa shape index (κ3) is 2.29. The monoisotopic (exact) mass is 372 g/mol. The number of nitrogens with zero attached hydrogens (tertiary/aromatic N) is 1. The smallest absolute Gasteiger partial charge is 0.304 e. The molecule has 0 radical (unpaired) electrons. The SMILES string of the molecule is O=S1OCC2C(CCC3CN4CCc5c([nH]c6ccccc56)C4CC32)O1. The van der Waals surface area contributed by atoms with Crippen LogP contribution < -0.4 is 0 Å². The lowest BCUT2D eigenvalue weighted by Crippen LogP contribution is -2.54. The fraction of sp³-hybridized carbons (Fsp3) is 0.600. The molecule has 3 aliphatic heterocycles. The van der Waals surface area contributed by atoms with Crippen molar-refractivity contribution in [3.8, 4) is 0 Å². The number of hydrogen-bond acceptors (Lipinski definition) is 4. The number of para-hydroxylation sites is 1. The molecule has 1 aromatic carbocycles. The van der Waals surface area contributed by atoms with Crippen LogP contribution in [0.25, 0.3) is 10.9 Å². The van der Waals surface area contributed by atoms with Crippen LogP contribution in [0.15, 0.2) is 24.3 Å². The fourth-order valence-corrected chi connectivity index (χ4v) is 6.82. The molecule has 6 rings (SSSR count). The van der Waals surface area contributed by atoms with Gasteiger partial charge in [0.1, 0.15) is 0 Å². The second kappa shape index (κ2) is 5.89. The van der Waals surface area contributed by atoms with Crippen molar-refractivity contribution in [2.45, 2.75) is 37.8 Å². The molecule has 2 saturated heterocycles. The molecule has 6 unspecified atom stereocenters. The lowest BCUT2D eigenvalue weighted by atomic mass is 9.65. The van der Waals surface area contributed by atoms with Crippen molar-refractivity contribution in [2.24, 2.45) is 17.8 Å². The first kappa shape index (κ1) is 15.8. The quantitative estimate of drug-likeness (QED) is 0.772. The normalized spacial score (nSPS) is 39.7. The van der Waals surface area contributed by atoms with Gasteiger partial charge in [0.05, 0.1) is 18.8 Å². The van der Waals surface area contributed by atoms with E-state index in [1.165, 1.54) is 35.1 Å². The molecule has 6 atom stereocenters. The highest BCUT2D eigenvalue weighted by Crippen LogP contribution is 2.50. The van der Waals surface area contributed by atoms with E-state index >= 15 is 0 Å². The number of benzene rings is 1. The van der Waals surface area contributed by atoms with Crippen LogP contribution in [-0.2, 0) is 26.1 Å². The van der Waals surface area contributed by atoms with Crippen molar-refractivity contribution in [1.29, 1.82) is 0 Å². The third-order valence-corrected chi connectivity index (χ3v) is 7.98. The van der Waals surface area contributed by atoms with Gasteiger partial charge in [0.25, 0.3) is 0 Å². The molecule has 5 nitrogen and oxygen atoms in total. The zero-order valence-corrected chi connectivity index (χ0v) is 15.5. The molecule has 1 N–H and O–H groups in total. The van der Waals surface area contributed by atoms with Crippen LogP contribution in [0.1, 0.15) is 36.6 Å². The summed E-state index contributed by atoms with van der Waals surface area (Å²) in [6.07, 6.45) is 4.63. The van der Waals surface area contributed by atoms with Crippen molar-refractivity contribution in [3.05, 3.63) is 35.5 Å². The minimum Gasteiger partial charge on any atom is -0.357 e. The van der Waals surface area contributed by atoms with E-state index in [1.54, 1.807) is 0 Å². The van der Waals surface area contributed by atoms with Gasteiger partial charge in [-0.1, -0.05) is 18.2 Å². The number of nitrogens with one attached hydrogen (secondary N) is 1. The maximum Gasteiger partial charge on any atom is 0.304 e. The molecule has 4 heterocycles. The molecule has 6 heteroatoms. The molecule has 0 amide bonds. The van der Waals surface area contributed by atoms with Crippen LogP contribution in [-0.4, -0.2) is 39.9 Å². The minimum atomic E-state index is -1.54. The first-order valence-corrected chi connectivity index (χ1v) is 10.8. The van der Waals surface area contributed by atoms with Crippen LogP contribution in [0.3, 0.4) is 0 Å². The maximum atomic E-state index is 11.6. The highest BCUT2D eigenvalue weighted by atomic mass is 32.2. The Morgan fingerprint density at radius 1 is 1.19 bits per heavy atom. The van der Waals surface area contributed by atoms with Crippen LogP contribution in [0, 0.1) is 17.8 Å². The Hall–Kier alpha value is -1.21. The number of aromatic amines is 1. The van der Waals surface area contributed by atoms with Crippen LogP contribution in [0.2, 0.25) is 0 Å². The third-order valence-electron chi connectivity index (χ3n) is 7.25. The van der Waals surface area contributed by atoms with Crippen LogP contribution in [0.5, 0.6) is 0 Å². The van der Waals surface area contributed by atoms with Gasteiger partial charge in [0, 0.05) is 35.6 Å². The van der Waals surface area contributed by atoms with Gasteiger partial charge < -0.3 is 4.98 Å². The van der Waals surface area contributed by atoms with Gasteiger partial charge in [0.15, 0.2) is 0 Å². The van der Waals surface area contributed by atoms with E-state index in [2.05, 4.69) is 34.1 Å². The number of piperidine rings is 1. The Bertz CT molecular complexity index is 881. The number of H-pyrrole nitrogens is 1. The Balaban J connectivity index is 1.36. The molecule has 1 aliphatic carbocycles. The van der Waals surface area contributed by atoms with E-state index in [9.17, 15) is 4.21 Å². The number of hydrogen-bond donors (Lipinski definition) is 1. The molecular formula is C20H24N2O3S. The van der Waals surface area contributed by atoms with Gasteiger partial charge in [-0.15, -0.1) is 0 Å². The second-order valence-electron chi connectivity index (χ2n) is 8.35. The average Bonchev–Trinajstić information content (AvgIpc) is 3.05. The van der Waals surface area contributed by atoms with E-state index in [1.807, 2.05) is 0 Å². The molecule has 0 spiro atoms. The number of rotatable bonds is 0. The van der Waals surface area contributed by atoms with Gasteiger partial charge >= 0.3 is 11.4 Å². The van der Waals surface area contributed by atoms with E-state index in [4.69, 9.17) is 8.37 Å². The topological polar surface area (TPSA) is 54.6 Å². The summed E-state index contributed by atoms with van der Waals surface area (Å²) < 4.78 is 22.6. The van der Waals surface area contributed by atoms with Crippen molar-refractivity contribution in [3.63, 3.8) is 0 Å². The summed E-state index contributed by atoms with van der Waals surface area (Å²) in [5.41, 5.74) is 4.21. The Kier molecular flexibility index (Phi) is 3.58. The summed E-state index contributed by atoms with van der Waals surface area (Å²) in [5.74, 6) is 1.71. The molecule has 2 aromatic rings. The van der Waals surface area contributed by atoms with Gasteiger partial charge in [-0.25, -0.2) is 0 Å². The van der Waals surface area contributed by atoms with Crippen molar-refractivity contribution in [2.75, 3.05) is 19.7 Å². The summed E-state index contributed by atoms with van der Waals surface area (Å²) in [7, 11) is 0. The summed E-state index contributed by atoms with van der Waals surface area (Å²) in [6.45, 7) is 2.93. The van der Waals surface area contributed by atoms with E-state index in [0.717, 1.165) is 31.7 Å². The molecular weight excluding hydrogens is 348 g/mol. The molecule has 3 fully saturated rings.